The van der Waals surface area contributed by atoms with Gasteiger partial charge in [0, 0.05) is 19.3 Å². The van der Waals surface area contributed by atoms with Gasteiger partial charge in [-0.3, -0.25) is 14.4 Å². The number of unbranched alkanes of at least 4 members (excludes halogenated alkanes) is 33. The Bertz CT molecular complexity index is 1620. The van der Waals surface area contributed by atoms with Gasteiger partial charge in [-0.05, 0) is 109 Å². The average Bonchev–Trinajstić information content (AvgIpc) is 3.47. The van der Waals surface area contributed by atoms with Crippen LogP contribution in [0.3, 0.4) is 0 Å². The van der Waals surface area contributed by atoms with Crippen LogP contribution in [0.5, 0.6) is 0 Å². The summed E-state index contributed by atoms with van der Waals surface area (Å²) < 4.78 is 16.8. The predicted molar refractivity (Wildman–Crippen MR) is 353 cm³/mol. The van der Waals surface area contributed by atoms with Gasteiger partial charge >= 0.3 is 17.9 Å². The molecule has 6 nitrogen and oxygen atoms in total. The molecule has 0 heterocycles. The Morgan fingerprint density at radius 3 is 0.765 bits per heavy atom. The molecule has 0 aliphatic rings. The van der Waals surface area contributed by atoms with Crippen molar-refractivity contribution in [3.63, 3.8) is 0 Å². The lowest BCUT2D eigenvalue weighted by molar-refractivity contribution is -0.167. The van der Waals surface area contributed by atoms with E-state index in [1.807, 2.05) is 0 Å². The Hall–Kier alpha value is -3.93. The van der Waals surface area contributed by atoms with E-state index < -0.39 is 6.10 Å². The second-order valence-corrected chi connectivity index (χ2v) is 22.7. The molecule has 0 saturated heterocycles. The van der Waals surface area contributed by atoms with Crippen molar-refractivity contribution < 1.29 is 28.6 Å². The molecule has 0 fully saturated rings. The highest BCUT2D eigenvalue weighted by atomic mass is 16.6. The predicted octanol–water partition coefficient (Wildman–Crippen LogP) is 23.8. The zero-order valence-corrected chi connectivity index (χ0v) is 53.3. The average molecular weight is 1130 g/mol. The van der Waals surface area contributed by atoms with Crippen molar-refractivity contribution in [1.82, 2.24) is 0 Å². The van der Waals surface area contributed by atoms with Crippen molar-refractivity contribution in [2.24, 2.45) is 0 Å². The second kappa shape index (κ2) is 68.6. The van der Waals surface area contributed by atoms with Gasteiger partial charge in [0.05, 0.1) is 0 Å². The zero-order valence-electron chi connectivity index (χ0n) is 53.3. The molecule has 0 aromatic heterocycles. The first-order valence-corrected chi connectivity index (χ1v) is 34.4. The Kier molecular flexibility index (Phi) is 65.2. The van der Waals surface area contributed by atoms with Crippen LogP contribution in [-0.2, 0) is 28.6 Å². The molecule has 6 heteroatoms. The van der Waals surface area contributed by atoms with E-state index in [2.05, 4.69) is 130 Å². The monoisotopic (exact) mass is 1120 g/mol. The first-order chi connectivity index (χ1) is 40.0. The maximum Gasteiger partial charge on any atom is 0.306 e. The van der Waals surface area contributed by atoms with Gasteiger partial charge in [0.15, 0.2) is 6.10 Å². The highest BCUT2D eigenvalue weighted by Crippen LogP contribution is 2.17. The van der Waals surface area contributed by atoms with Gasteiger partial charge < -0.3 is 14.2 Å². The van der Waals surface area contributed by atoms with Crippen LogP contribution in [0, 0.1) is 0 Å². The quantitative estimate of drug-likeness (QED) is 0.0261. The molecular formula is C75H128O6. The third-order valence-corrected chi connectivity index (χ3v) is 14.8. The number of carbonyl (C=O) groups is 3. The highest BCUT2D eigenvalue weighted by Gasteiger charge is 2.19. The molecular weight excluding hydrogens is 997 g/mol. The van der Waals surface area contributed by atoms with Crippen LogP contribution >= 0.6 is 0 Å². The van der Waals surface area contributed by atoms with E-state index in [1.54, 1.807) is 0 Å². The second-order valence-electron chi connectivity index (χ2n) is 22.7. The molecule has 0 aromatic carbocycles. The Balaban J connectivity index is 4.06. The first kappa shape index (κ1) is 77.1. The fourth-order valence-corrected chi connectivity index (χ4v) is 9.63. The molecule has 1 unspecified atom stereocenters. The normalized spacial score (nSPS) is 12.8. The summed E-state index contributed by atoms with van der Waals surface area (Å²) in [5.41, 5.74) is 0. The van der Waals surface area contributed by atoms with Gasteiger partial charge in [-0.1, -0.05) is 310 Å². The summed E-state index contributed by atoms with van der Waals surface area (Å²) in [6.07, 6.45) is 94.5. The van der Waals surface area contributed by atoms with Crippen LogP contribution in [0.4, 0.5) is 0 Å². The summed E-state index contributed by atoms with van der Waals surface area (Å²) in [4.78, 5) is 38.0. The lowest BCUT2D eigenvalue weighted by Gasteiger charge is -2.18. The van der Waals surface area contributed by atoms with E-state index in [4.69, 9.17) is 14.2 Å². The van der Waals surface area contributed by atoms with E-state index >= 15 is 0 Å². The van der Waals surface area contributed by atoms with E-state index in [9.17, 15) is 14.4 Å². The standard InChI is InChI=1S/C75H128O6/c1-4-7-10-13-15-17-19-21-23-25-27-29-31-33-35-36-37-38-40-41-43-45-47-49-51-53-55-57-59-62-65-68-74(77)80-71-72(70-79-73(76)67-64-61-12-9-6-3)81-75(78)69-66-63-60-58-56-54-52-50-48-46-44-42-39-34-32-30-28-26-24-22-20-18-16-14-11-8-5-2/h7,10,15,17,21,23,26-29,33,35,37-38,41,43,47,49,72H,4-6,8-9,11-14,16,18-20,22,24-25,30-32,34,36,39-40,42,44-46,48,50-71H2,1-3H3/b10-7-,17-15-,23-21-,28-26-,29-27-,35-33-,38-37-,43-41-,49-47-. The van der Waals surface area contributed by atoms with E-state index in [1.165, 1.54) is 161 Å². The number of rotatable bonds is 62. The summed E-state index contributed by atoms with van der Waals surface area (Å²) >= 11 is 0. The van der Waals surface area contributed by atoms with Crippen molar-refractivity contribution >= 4 is 17.9 Å². The summed E-state index contributed by atoms with van der Waals surface area (Å²) in [5.74, 6) is -0.902. The number of esters is 3. The van der Waals surface area contributed by atoms with Crippen LogP contribution in [0.25, 0.3) is 0 Å². The Morgan fingerprint density at radius 2 is 0.481 bits per heavy atom. The molecule has 1 atom stereocenters. The fourth-order valence-electron chi connectivity index (χ4n) is 9.63. The lowest BCUT2D eigenvalue weighted by atomic mass is 10.0. The minimum atomic E-state index is -0.782. The number of hydrogen-bond acceptors (Lipinski definition) is 6. The van der Waals surface area contributed by atoms with Crippen LogP contribution in [0.2, 0.25) is 0 Å². The number of allylic oxidation sites excluding steroid dienone is 18. The molecule has 0 N–H and O–H groups in total. The third-order valence-electron chi connectivity index (χ3n) is 14.8. The minimum Gasteiger partial charge on any atom is -0.462 e. The highest BCUT2D eigenvalue weighted by molar-refractivity contribution is 5.71. The molecule has 0 radical (unpaired) electrons. The van der Waals surface area contributed by atoms with Crippen LogP contribution in [0.1, 0.15) is 329 Å². The molecule has 81 heavy (non-hydrogen) atoms. The van der Waals surface area contributed by atoms with Crippen molar-refractivity contribution in [3.05, 3.63) is 109 Å². The molecule has 0 rings (SSSR count). The molecule has 0 aromatic rings. The van der Waals surface area contributed by atoms with E-state index in [-0.39, 0.29) is 31.1 Å². The maximum atomic E-state index is 12.9. The minimum absolute atomic E-state index is 0.0820. The SMILES string of the molecule is CC/C=C\C/C=C\C/C=C\C/C=C\C/C=C\C/C=C\C/C=C\C/C=C\CCCCCCCCC(=O)OCC(COC(=O)CCCCCCC)OC(=O)CCCCCCCCCCCCCCCCC/C=C\CCCCCCCCCC. The molecule has 0 spiro atoms. The Labute approximate surface area is 501 Å². The van der Waals surface area contributed by atoms with Gasteiger partial charge in [0.2, 0.25) is 0 Å². The van der Waals surface area contributed by atoms with E-state index in [0.717, 1.165) is 128 Å². The Morgan fingerprint density at radius 1 is 0.259 bits per heavy atom. The van der Waals surface area contributed by atoms with Gasteiger partial charge in [-0.15, -0.1) is 0 Å². The van der Waals surface area contributed by atoms with Gasteiger partial charge in [0.1, 0.15) is 13.2 Å². The van der Waals surface area contributed by atoms with E-state index in [0.29, 0.717) is 19.3 Å². The van der Waals surface area contributed by atoms with Crippen molar-refractivity contribution in [2.75, 3.05) is 13.2 Å². The largest absolute Gasteiger partial charge is 0.462 e. The fraction of sp³-hybridized carbons (Fsp3) is 0.720. The number of hydrogen-bond donors (Lipinski definition) is 0. The van der Waals surface area contributed by atoms with Gasteiger partial charge in [-0.25, -0.2) is 0 Å². The summed E-state index contributed by atoms with van der Waals surface area (Å²) in [6.45, 7) is 6.46. The molecule has 464 valence electrons. The first-order valence-electron chi connectivity index (χ1n) is 34.4. The maximum absolute atomic E-state index is 12.9. The summed E-state index contributed by atoms with van der Waals surface area (Å²) in [5, 5.41) is 0. The molecule has 0 bridgehead atoms. The lowest BCUT2D eigenvalue weighted by Crippen LogP contribution is -2.30. The van der Waals surface area contributed by atoms with Crippen molar-refractivity contribution in [1.29, 1.82) is 0 Å². The molecule has 0 aliphatic carbocycles. The molecule has 0 saturated carbocycles. The van der Waals surface area contributed by atoms with Crippen molar-refractivity contribution in [3.8, 4) is 0 Å². The zero-order chi connectivity index (χ0) is 58.5. The topological polar surface area (TPSA) is 78.9 Å². The summed E-state index contributed by atoms with van der Waals surface area (Å²) in [7, 11) is 0. The smallest absolute Gasteiger partial charge is 0.306 e. The van der Waals surface area contributed by atoms with Crippen molar-refractivity contribution in [2.45, 2.75) is 335 Å². The van der Waals surface area contributed by atoms with Crippen LogP contribution in [0.15, 0.2) is 109 Å². The third kappa shape index (κ3) is 66.8. The van der Waals surface area contributed by atoms with Gasteiger partial charge in [0.25, 0.3) is 0 Å². The van der Waals surface area contributed by atoms with Gasteiger partial charge in [-0.2, -0.15) is 0 Å². The number of carbonyl (C=O) groups excluding carboxylic acids is 3. The number of ether oxygens (including phenoxy) is 3. The van der Waals surface area contributed by atoms with Crippen LogP contribution < -0.4 is 0 Å². The van der Waals surface area contributed by atoms with Crippen LogP contribution in [-0.4, -0.2) is 37.2 Å². The molecule has 0 amide bonds. The summed E-state index contributed by atoms with van der Waals surface area (Å²) in [6, 6.07) is 0. The molecule has 0 aliphatic heterocycles.